The molecule has 1 amide bonds. The van der Waals surface area contributed by atoms with Crippen molar-refractivity contribution in [3.8, 4) is 11.5 Å². The van der Waals surface area contributed by atoms with Gasteiger partial charge in [0.05, 0.1) is 24.7 Å². The maximum Gasteiger partial charge on any atom is 0.286 e. The van der Waals surface area contributed by atoms with Crippen molar-refractivity contribution in [3.05, 3.63) is 62.7 Å². The third kappa shape index (κ3) is 4.52. The average molecular weight is 408 g/mol. The summed E-state index contributed by atoms with van der Waals surface area (Å²) in [7, 11) is 1.39. The molecule has 0 radical (unpaired) electrons. The van der Waals surface area contributed by atoms with Gasteiger partial charge >= 0.3 is 0 Å². The van der Waals surface area contributed by atoms with Crippen LogP contribution in [0.15, 0.2) is 30.3 Å². The van der Waals surface area contributed by atoms with Crippen molar-refractivity contribution in [1.29, 1.82) is 0 Å². The number of fused-ring (bicyclic) bond motifs is 1. The lowest BCUT2D eigenvalue weighted by atomic mass is 10.1. The topological polar surface area (TPSA) is 103 Å². The predicted molar refractivity (Wildman–Crippen MR) is 106 cm³/mol. The molecule has 9 heteroatoms. The normalized spacial score (nSPS) is 11.9. The van der Waals surface area contributed by atoms with Gasteiger partial charge in [-0.2, -0.15) is 0 Å². The van der Waals surface area contributed by atoms with E-state index in [1.54, 1.807) is 6.92 Å². The van der Waals surface area contributed by atoms with Gasteiger partial charge < -0.3 is 20.1 Å². The summed E-state index contributed by atoms with van der Waals surface area (Å²) in [6.07, 6.45) is 0. The van der Waals surface area contributed by atoms with Crippen LogP contribution in [0.2, 0.25) is 0 Å². The summed E-state index contributed by atoms with van der Waals surface area (Å²) in [6, 6.07) is 8.56. The molecule has 2 aromatic carbocycles. The van der Waals surface area contributed by atoms with Crippen molar-refractivity contribution in [3.63, 3.8) is 0 Å². The van der Waals surface area contributed by atoms with Crippen LogP contribution in [0.4, 0.5) is 5.69 Å². The van der Waals surface area contributed by atoms with Crippen molar-refractivity contribution in [2.45, 2.75) is 26.6 Å². The second kappa shape index (κ2) is 9.38. The molecule has 0 bridgehead atoms. The predicted octanol–water partition coefficient (Wildman–Crippen LogP) is 2.96. The third-order valence-electron chi connectivity index (χ3n) is 4.38. The zero-order valence-electron chi connectivity index (χ0n) is 15.6. The number of nitrogens with one attached hydrogen (secondary N) is 2. The Kier molecular flexibility index (Phi) is 7.19. The lowest BCUT2D eigenvalue weighted by Crippen LogP contribution is -2.24. The largest absolute Gasteiger partial charge is 0.493 e. The molecule has 2 aromatic rings. The summed E-state index contributed by atoms with van der Waals surface area (Å²) in [5.41, 5.74) is 3.00. The molecule has 0 spiro atoms. The molecule has 1 aliphatic heterocycles. The molecule has 2 N–H and O–H groups in total. The molecule has 0 atom stereocenters. The standard InChI is InChI=1S/C19H21N3O5.ClH/c1-3-27-18-7-15(16(22(24)25)8-17(18)26-2)19(23)21-9-12-4-5-13-10-20-11-14(13)6-12;/h4-8,20H,3,9-11H2,1-2H3,(H,21,23);1H. The van der Waals surface area contributed by atoms with Crippen LogP contribution < -0.4 is 20.1 Å². The highest BCUT2D eigenvalue weighted by molar-refractivity contribution is 5.99. The van der Waals surface area contributed by atoms with Gasteiger partial charge in [0.2, 0.25) is 0 Å². The number of halogens is 1. The monoisotopic (exact) mass is 407 g/mol. The van der Waals surface area contributed by atoms with Crippen molar-refractivity contribution in [1.82, 2.24) is 10.6 Å². The SMILES string of the molecule is CCOc1cc(C(=O)NCc2ccc3c(c2)CNC3)c([N+](=O)[O-])cc1OC.Cl. The van der Waals surface area contributed by atoms with E-state index >= 15 is 0 Å². The van der Waals surface area contributed by atoms with Crippen molar-refractivity contribution in [2.24, 2.45) is 0 Å². The van der Waals surface area contributed by atoms with Crippen LogP contribution in [0, 0.1) is 10.1 Å². The molecular weight excluding hydrogens is 386 g/mol. The second-order valence-corrected chi connectivity index (χ2v) is 6.10. The molecule has 8 nitrogen and oxygen atoms in total. The van der Waals surface area contributed by atoms with Crippen LogP contribution in [0.25, 0.3) is 0 Å². The molecule has 0 aliphatic carbocycles. The van der Waals surface area contributed by atoms with Gasteiger partial charge in [-0.1, -0.05) is 18.2 Å². The molecule has 150 valence electrons. The Morgan fingerprint density at radius 2 is 1.96 bits per heavy atom. The van der Waals surface area contributed by atoms with E-state index < -0.39 is 10.8 Å². The van der Waals surface area contributed by atoms with Crippen molar-refractivity contribution >= 4 is 24.0 Å². The second-order valence-electron chi connectivity index (χ2n) is 6.10. The number of carbonyl (C=O) groups excluding carboxylic acids is 1. The number of methoxy groups -OCH3 is 1. The van der Waals surface area contributed by atoms with E-state index in [2.05, 4.69) is 10.6 Å². The van der Waals surface area contributed by atoms with Gasteiger partial charge in [-0.25, -0.2) is 0 Å². The van der Waals surface area contributed by atoms with E-state index in [4.69, 9.17) is 9.47 Å². The maximum atomic E-state index is 12.6. The molecule has 3 rings (SSSR count). The Bertz CT molecular complexity index is 888. The summed E-state index contributed by atoms with van der Waals surface area (Å²) in [4.78, 5) is 23.4. The number of carbonyl (C=O) groups is 1. The van der Waals surface area contributed by atoms with Gasteiger partial charge in [0.15, 0.2) is 11.5 Å². The smallest absolute Gasteiger partial charge is 0.286 e. The van der Waals surface area contributed by atoms with Crippen LogP contribution in [-0.4, -0.2) is 24.5 Å². The van der Waals surface area contributed by atoms with E-state index in [-0.39, 0.29) is 36.0 Å². The van der Waals surface area contributed by atoms with Crippen LogP contribution >= 0.6 is 12.4 Å². The quantitative estimate of drug-likeness (QED) is 0.540. The Hall–Kier alpha value is -2.84. The zero-order valence-corrected chi connectivity index (χ0v) is 16.4. The van der Waals surface area contributed by atoms with E-state index in [0.717, 1.165) is 18.7 Å². The van der Waals surface area contributed by atoms with Gasteiger partial charge in [-0.3, -0.25) is 14.9 Å². The lowest BCUT2D eigenvalue weighted by molar-refractivity contribution is -0.385. The number of nitro groups is 1. The van der Waals surface area contributed by atoms with Gasteiger partial charge in [-0.15, -0.1) is 12.4 Å². The first-order valence-corrected chi connectivity index (χ1v) is 8.62. The minimum Gasteiger partial charge on any atom is -0.493 e. The summed E-state index contributed by atoms with van der Waals surface area (Å²) in [5, 5.41) is 17.4. The van der Waals surface area contributed by atoms with Crippen LogP contribution in [0.1, 0.15) is 34.0 Å². The average Bonchev–Trinajstić information content (AvgIpc) is 3.13. The zero-order chi connectivity index (χ0) is 19.4. The molecule has 0 saturated carbocycles. The number of hydrogen-bond acceptors (Lipinski definition) is 6. The molecule has 28 heavy (non-hydrogen) atoms. The minimum atomic E-state index is -0.603. The molecular formula is C19H22ClN3O5. The molecule has 1 heterocycles. The van der Waals surface area contributed by atoms with Gasteiger partial charge in [0.25, 0.3) is 11.6 Å². The van der Waals surface area contributed by atoms with E-state index in [1.165, 1.54) is 30.4 Å². The van der Waals surface area contributed by atoms with E-state index in [9.17, 15) is 14.9 Å². The number of benzene rings is 2. The number of hydrogen-bond donors (Lipinski definition) is 2. The Morgan fingerprint density at radius 1 is 1.21 bits per heavy atom. The number of ether oxygens (including phenoxy) is 2. The van der Waals surface area contributed by atoms with Crippen LogP contribution in [0.5, 0.6) is 11.5 Å². The Labute approximate surface area is 168 Å². The number of nitrogens with zero attached hydrogens (tertiary/aromatic N) is 1. The summed E-state index contributed by atoms with van der Waals surface area (Å²) < 4.78 is 10.6. The Morgan fingerprint density at radius 3 is 2.64 bits per heavy atom. The summed E-state index contributed by atoms with van der Waals surface area (Å²) in [6.45, 7) is 4.06. The fourth-order valence-electron chi connectivity index (χ4n) is 3.05. The molecule has 0 aromatic heterocycles. The molecule has 0 fully saturated rings. The Balaban J connectivity index is 0.00000280. The first-order valence-electron chi connectivity index (χ1n) is 8.62. The van der Waals surface area contributed by atoms with Crippen molar-refractivity contribution < 1.29 is 19.2 Å². The summed E-state index contributed by atoms with van der Waals surface area (Å²) in [5.74, 6) is -0.0329. The molecule has 0 saturated heterocycles. The van der Waals surface area contributed by atoms with Gasteiger partial charge in [0.1, 0.15) is 5.56 Å². The fraction of sp³-hybridized carbons (Fsp3) is 0.316. The van der Waals surface area contributed by atoms with Gasteiger partial charge in [0, 0.05) is 25.7 Å². The van der Waals surface area contributed by atoms with Crippen LogP contribution in [0.3, 0.4) is 0 Å². The first kappa shape index (κ1) is 21.5. The molecule has 0 unspecified atom stereocenters. The highest BCUT2D eigenvalue weighted by Crippen LogP contribution is 2.34. The fourth-order valence-corrected chi connectivity index (χ4v) is 3.05. The lowest BCUT2D eigenvalue weighted by Gasteiger charge is -2.12. The highest BCUT2D eigenvalue weighted by Gasteiger charge is 2.24. The number of rotatable bonds is 7. The molecule has 1 aliphatic rings. The van der Waals surface area contributed by atoms with E-state index in [0.29, 0.717) is 12.4 Å². The van der Waals surface area contributed by atoms with Gasteiger partial charge in [-0.05, 0) is 23.6 Å². The number of amides is 1. The first-order chi connectivity index (χ1) is 13.0. The highest BCUT2D eigenvalue weighted by atomic mass is 35.5. The van der Waals surface area contributed by atoms with Crippen LogP contribution in [-0.2, 0) is 19.6 Å². The minimum absolute atomic E-state index is 0. The van der Waals surface area contributed by atoms with E-state index in [1.807, 2.05) is 18.2 Å². The van der Waals surface area contributed by atoms with Crippen molar-refractivity contribution in [2.75, 3.05) is 13.7 Å². The maximum absolute atomic E-state index is 12.6. The number of nitro benzene ring substituents is 1. The summed E-state index contributed by atoms with van der Waals surface area (Å²) >= 11 is 0. The third-order valence-corrected chi connectivity index (χ3v) is 4.38.